The molecule has 2 rings (SSSR count). The number of anilines is 1. The van der Waals surface area contributed by atoms with Crippen molar-refractivity contribution in [2.75, 3.05) is 32.1 Å². The summed E-state index contributed by atoms with van der Waals surface area (Å²) < 4.78 is 0. The molecule has 1 aromatic heterocycles. The molecule has 18 heavy (non-hydrogen) atoms. The lowest BCUT2D eigenvalue weighted by atomic mass is 10.1. The van der Waals surface area contributed by atoms with Gasteiger partial charge >= 0.3 is 0 Å². The molecule has 0 aliphatic carbocycles. The fourth-order valence-corrected chi connectivity index (χ4v) is 2.43. The van der Waals surface area contributed by atoms with Gasteiger partial charge in [-0.2, -0.15) is 5.26 Å². The first-order valence-corrected chi connectivity index (χ1v) is 6.27. The van der Waals surface area contributed by atoms with Crippen LogP contribution < -0.4 is 4.90 Å². The molecule has 0 radical (unpaired) electrons. The highest BCUT2D eigenvalue weighted by molar-refractivity contribution is 5.43. The molecule has 0 aromatic carbocycles. The zero-order valence-electron chi connectivity index (χ0n) is 11.2. The molecule has 0 spiro atoms. The van der Waals surface area contributed by atoms with Crippen LogP contribution in [0.25, 0.3) is 0 Å². The number of aryl methyl sites for hydroxylation is 1. The fourth-order valence-electron chi connectivity index (χ4n) is 2.43. The van der Waals surface area contributed by atoms with E-state index in [1.807, 2.05) is 14.0 Å². The molecule has 1 fully saturated rings. The number of aromatic nitrogens is 2. The lowest BCUT2D eigenvalue weighted by molar-refractivity contribution is 0.247. The molecule has 1 saturated heterocycles. The van der Waals surface area contributed by atoms with E-state index in [0.717, 1.165) is 18.9 Å². The number of hydrogen-bond donors (Lipinski definition) is 0. The number of nitriles is 1. The van der Waals surface area contributed by atoms with Crippen molar-refractivity contribution in [1.29, 1.82) is 5.26 Å². The van der Waals surface area contributed by atoms with Gasteiger partial charge in [0.1, 0.15) is 23.4 Å². The van der Waals surface area contributed by atoms with Crippen LogP contribution in [0, 0.1) is 18.3 Å². The predicted molar refractivity (Wildman–Crippen MR) is 70.4 cm³/mol. The van der Waals surface area contributed by atoms with E-state index in [0.29, 0.717) is 17.6 Å². The van der Waals surface area contributed by atoms with Gasteiger partial charge in [0.25, 0.3) is 0 Å². The number of likely N-dealkylation sites (N-methyl/N-ethyl adjacent to an activating group) is 2. The monoisotopic (exact) mass is 245 g/mol. The third-order valence-electron chi connectivity index (χ3n) is 3.45. The van der Waals surface area contributed by atoms with Crippen LogP contribution in [0.4, 0.5) is 5.82 Å². The second-order valence-electron chi connectivity index (χ2n) is 4.94. The Hall–Kier alpha value is -1.67. The van der Waals surface area contributed by atoms with Gasteiger partial charge in [-0.05, 0) is 33.4 Å². The fraction of sp³-hybridized carbons (Fsp3) is 0.615. The normalized spacial score (nSPS) is 20.4. The van der Waals surface area contributed by atoms with E-state index in [9.17, 15) is 0 Å². The van der Waals surface area contributed by atoms with E-state index in [1.54, 1.807) is 6.07 Å². The Labute approximate surface area is 108 Å². The molecule has 0 N–H and O–H groups in total. The molecular weight excluding hydrogens is 226 g/mol. The average Bonchev–Trinajstić information content (AvgIpc) is 2.37. The summed E-state index contributed by atoms with van der Waals surface area (Å²) in [6.45, 7) is 4.03. The average molecular weight is 245 g/mol. The van der Waals surface area contributed by atoms with Crippen molar-refractivity contribution in [3.8, 4) is 6.07 Å². The van der Waals surface area contributed by atoms with Crippen LogP contribution in [0.15, 0.2) is 6.07 Å². The minimum absolute atomic E-state index is 0.438. The summed E-state index contributed by atoms with van der Waals surface area (Å²) in [7, 11) is 4.19. The first kappa shape index (κ1) is 12.8. The van der Waals surface area contributed by atoms with E-state index in [4.69, 9.17) is 5.26 Å². The molecule has 5 heteroatoms. The molecule has 96 valence electrons. The summed E-state index contributed by atoms with van der Waals surface area (Å²) >= 11 is 0. The maximum atomic E-state index is 8.95. The van der Waals surface area contributed by atoms with Gasteiger partial charge in [0, 0.05) is 25.7 Å². The SMILES string of the molecule is Cc1nc(C#N)cc(N(C)C2CCCN(C)C2)n1. The quantitative estimate of drug-likeness (QED) is 0.783. The van der Waals surface area contributed by atoms with Crippen molar-refractivity contribution in [3.05, 3.63) is 17.6 Å². The maximum Gasteiger partial charge on any atom is 0.146 e. The number of hydrogen-bond acceptors (Lipinski definition) is 5. The minimum Gasteiger partial charge on any atom is -0.355 e. The number of piperidine rings is 1. The summed E-state index contributed by atoms with van der Waals surface area (Å²) in [6, 6.07) is 4.31. The van der Waals surface area contributed by atoms with Crippen molar-refractivity contribution in [1.82, 2.24) is 14.9 Å². The Kier molecular flexibility index (Phi) is 3.78. The first-order chi connectivity index (χ1) is 8.60. The molecule has 1 unspecified atom stereocenters. The second kappa shape index (κ2) is 5.32. The number of likely N-dealkylation sites (tertiary alicyclic amines) is 1. The molecule has 0 amide bonds. The molecule has 2 heterocycles. The van der Waals surface area contributed by atoms with E-state index in [2.05, 4.69) is 32.9 Å². The molecule has 1 aromatic rings. The lowest BCUT2D eigenvalue weighted by Gasteiger charge is -2.36. The summed E-state index contributed by atoms with van der Waals surface area (Å²) in [5, 5.41) is 8.95. The van der Waals surface area contributed by atoms with E-state index >= 15 is 0 Å². The Morgan fingerprint density at radius 3 is 2.94 bits per heavy atom. The van der Waals surface area contributed by atoms with Crippen LogP contribution in [-0.4, -0.2) is 48.1 Å². The van der Waals surface area contributed by atoms with Crippen LogP contribution in [0.5, 0.6) is 0 Å². The molecule has 1 aliphatic rings. The van der Waals surface area contributed by atoms with Gasteiger partial charge in [-0.3, -0.25) is 0 Å². The first-order valence-electron chi connectivity index (χ1n) is 6.27. The van der Waals surface area contributed by atoms with Gasteiger partial charge in [-0.25, -0.2) is 9.97 Å². The maximum absolute atomic E-state index is 8.95. The van der Waals surface area contributed by atoms with Crippen LogP contribution in [0.3, 0.4) is 0 Å². The van der Waals surface area contributed by atoms with Crippen molar-refractivity contribution in [3.63, 3.8) is 0 Å². The molecule has 0 bridgehead atoms. The summed E-state index contributed by atoms with van der Waals surface area (Å²) in [5.41, 5.74) is 0.438. The lowest BCUT2D eigenvalue weighted by Crippen LogP contribution is -2.45. The van der Waals surface area contributed by atoms with Gasteiger partial charge in [0.05, 0.1) is 0 Å². The van der Waals surface area contributed by atoms with Crippen LogP contribution in [-0.2, 0) is 0 Å². The van der Waals surface area contributed by atoms with Gasteiger partial charge in [-0.15, -0.1) is 0 Å². The van der Waals surface area contributed by atoms with Gasteiger partial charge < -0.3 is 9.80 Å². The van der Waals surface area contributed by atoms with Crippen LogP contribution in [0.2, 0.25) is 0 Å². The van der Waals surface area contributed by atoms with Crippen molar-refractivity contribution >= 4 is 5.82 Å². The van der Waals surface area contributed by atoms with Gasteiger partial charge in [0.2, 0.25) is 0 Å². The predicted octanol–water partition coefficient (Wildman–Crippen LogP) is 1.19. The Balaban J connectivity index is 2.20. The Bertz CT molecular complexity index is 465. The Morgan fingerprint density at radius 2 is 2.28 bits per heavy atom. The highest BCUT2D eigenvalue weighted by atomic mass is 15.2. The number of nitrogens with zero attached hydrogens (tertiary/aromatic N) is 5. The summed E-state index contributed by atoms with van der Waals surface area (Å²) in [5.74, 6) is 1.50. The van der Waals surface area contributed by atoms with Crippen molar-refractivity contribution in [2.24, 2.45) is 0 Å². The van der Waals surface area contributed by atoms with Crippen molar-refractivity contribution < 1.29 is 0 Å². The van der Waals surface area contributed by atoms with E-state index in [1.165, 1.54) is 12.8 Å². The highest BCUT2D eigenvalue weighted by Gasteiger charge is 2.22. The van der Waals surface area contributed by atoms with Gasteiger partial charge in [-0.1, -0.05) is 0 Å². The van der Waals surface area contributed by atoms with Crippen molar-refractivity contribution in [2.45, 2.75) is 25.8 Å². The van der Waals surface area contributed by atoms with Gasteiger partial charge in [0.15, 0.2) is 0 Å². The van der Waals surface area contributed by atoms with E-state index in [-0.39, 0.29) is 0 Å². The zero-order chi connectivity index (χ0) is 13.1. The zero-order valence-corrected chi connectivity index (χ0v) is 11.2. The standard InChI is InChI=1S/C13H19N5/c1-10-15-11(8-14)7-13(16-10)18(3)12-5-4-6-17(2)9-12/h7,12H,4-6,9H2,1-3H3. The van der Waals surface area contributed by atoms with Crippen LogP contribution >= 0.6 is 0 Å². The third-order valence-corrected chi connectivity index (χ3v) is 3.45. The molecule has 5 nitrogen and oxygen atoms in total. The minimum atomic E-state index is 0.438. The molecular formula is C13H19N5. The molecule has 1 atom stereocenters. The smallest absolute Gasteiger partial charge is 0.146 e. The largest absolute Gasteiger partial charge is 0.355 e. The second-order valence-corrected chi connectivity index (χ2v) is 4.94. The molecule has 1 aliphatic heterocycles. The molecule has 0 saturated carbocycles. The summed E-state index contributed by atoms with van der Waals surface area (Å²) in [4.78, 5) is 13.0. The topological polar surface area (TPSA) is 56.1 Å². The van der Waals surface area contributed by atoms with E-state index < -0.39 is 0 Å². The Morgan fingerprint density at radius 1 is 1.50 bits per heavy atom. The summed E-state index contributed by atoms with van der Waals surface area (Å²) in [6.07, 6.45) is 2.38. The van der Waals surface area contributed by atoms with Crippen LogP contribution in [0.1, 0.15) is 24.4 Å². The number of rotatable bonds is 2. The third kappa shape index (κ3) is 2.77. The highest BCUT2D eigenvalue weighted by Crippen LogP contribution is 2.19.